The molecule has 0 unspecified atom stereocenters. The van der Waals surface area contributed by atoms with Crippen molar-refractivity contribution in [1.29, 1.82) is 0 Å². The highest BCUT2D eigenvalue weighted by Gasteiger charge is 2.00. The Morgan fingerprint density at radius 2 is 1.69 bits per heavy atom. The molecule has 74 valence electrons. The summed E-state index contributed by atoms with van der Waals surface area (Å²) in [5.41, 5.74) is 1.66. The van der Waals surface area contributed by atoms with Crippen molar-refractivity contribution in [2.24, 2.45) is 0 Å². The summed E-state index contributed by atoms with van der Waals surface area (Å²) in [5.74, 6) is 0.0838. The van der Waals surface area contributed by atoms with Gasteiger partial charge in [-0.05, 0) is 26.3 Å². The van der Waals surface area contributed by atoms with Crippen molar-refractivity contribution >= 4 is 5.78 Å². The molecule has 0 bridgehead atoms. The lowest BCUT2D eigenvalue weighted by Crippen LogP contribution is -1.95. The summed E-state index contributed by atoms with van der Waals surface area (Å²) in [6.07, 6.45) is 5.35. The molecule has 0 aliphatic rings. The zero-order chi connectivity index (χ0) is 10.9. The van der Waals surface area contributed by atoms with E-state index in [1.54, 1.807) is 19.1 Å². The van der Waals surface area contributed by atoms with Crippen LogP contribution in [0, 0.1) is 0 Å². The molecule has 1 heteroatoms. The van der Waals surface area contributed by atoms with Gasteiger partial charge in [-0.25, -0.2) is 0 Å². The van der Waals surface area contributed by atoms with Crippen molar-refractivity contribution < 1.29 is 4.79 Å². The van der Waals surface area contributed by atoms with Crippen LogP contribution in [0.1, 0.15) is 34.6 Å². The van der Waals surface area contributed by atoms with E-state index in [0.717, 1.165) is 11.1 Å². The molecule has 0 aromatic rings. The standard InChI is InChI=1S/C10H14O.C2H6/c1-5-7-10(9(4)11)8(3)6-2;1-2/h5-7H,2H2,1,3-4H3;1-2H3/b7-5-,10-8+;. The third kappa shape index (κ3) is 6.09. The van der Waals surface area contributed by atoms with Crippen molar-refractivity contribution in [3.8, 4) is 0 Å². The van der Waals surface area contributed by atoms with Crippen LogP contribution < -0.4 is 0 Å². The molecule has 0 spiro atoms. The number of carbonyl (C=O) groups excluding carboxylic acids is 1. The van der Waals surface area contributed by atoms with Crippen molar-refractivity contribution in [3.63, 3.8) is 0 Å². The predicted molar refractivity (Wildman–Crippen MR) is 59.7 cm³/mol. The quantitative estimate of drug-likeness (QED) is 0.478. The van der Waals surface area contributed by atoms with Crippen molar-refractivity contribution in [3.05, 3.63) is 36.0 Å². The van der Waals surface area contributed by atoms with Gasteiger partial charge in [-0.3, -0.25) is 4.79 Å². The minimum Gasteiger partial charge on any atom is -0.295 e. The zero-order valence-electron chi connectivity index (χ0n) is 9.35. The van der Waals surface area contributed by atoms with Gasteiger partial charge in [0.25, 0.3) is 0 Å². The Balaban J connectivity index is 0. The molecule has 0 radical (unpaired) electrons. The fraction of sp³-hybridized carbons (Fsp3) is 0.417. The molecule has 1 nitrogen and oxygen atoms in total. The molecular weight excluding hydrogens is 160 g/mol. The second kappa shape index (κ2) is 8.98. The molecule has 0 fully saturated rings. The largest absolute Gasteiger partial charge is 0.295 e. The van der Waals surface area contributed by atoms with Crippen molar-refractivity contribution in [2.45, 2.75) is 34.6 Å². The molecule has 0 N–H and O–H groups in total. The maximum atomic E-state index is 11.0. The average Bonchev–Trinajstić information content (AvgIpc) is 2.15. The maximum Gasteiger partial charge on any atom is 0.160 e. The van der Waals surface area contributed by atoms with E-state index < -0.39 is 0 Å². The minimum absolute atomic E-state index is 0.0838. The topological polar surface area (TPSA) is 17.1 Å². The lowest BCUT2D eigenvalue weighted by molar-refractivity contribution is -0.113. The Morgan fingerprint density at radius 3 is 1.92 bits per heavy atom. The summed E-state index contributed by atoms with van der Waals surface area (Å²) in [5, 5.41) is 0. The molecule has 0 heterocycles. The van der Waals surface area contributed by atoms with Gasteiger partial charge in [0, 0.05) is 5.57 Å². The minimum atomic E-state index is 0.0838. The Bertz CT molecular complexity index is 219. The molecule has 0 aromatic heterocycles. The van der Waals surface area contributed by atoms with Crippen LogP contribution >= 0.6 is 0 Å². The van der Waals surface area contributed by atoms with E-state index in [-0.39, 0.29) is 5.78 Å². The highest BCUT2D eigenvalue weighted by molar-refractivity contribution is 5.97. The van der Waals surface area contributed by atoms with E-state index in [1.807, 2.05) is 33.8 Å². The van der Waals surface area contributed by atoms with Crippen LogP contribution in [0.25, 0.3) is 0 Å². The molecule has 0 rings (SSSR count). The highest BCUT2D eigenvalue weighted by Crippen LogP contribution is 2.07. The van der Waals surface area contributed by atoms with E-state index in [9.17, 15) is 4.79 Å². The average molecular weight is 180 g/mol. The summed E-state index contributed by atoms with van der Waals surface area (Å²) < 4.78 is 0. The smallest absolute Gasteiger partial charge is 0.160 e. The van der Waals surface area contributed by atoms with E-state index in [1.165, 1.54) is 0 Å². The fourth-order valence-electron chi connectivity index (χ4n) is 0.803. The first kappa shape index (κ1) is 14.4. The van der Waals surface area contributed by atoms with Crippen LogP contribution in [-0.4, -0.2) is 5.78 Å². The highest BCUT2D eigenvalue weighted by atomic mass is 16.1. The summed E-state index contributed by atoms with van der Waals surface area (Å²) in [4.78, 5) is 11.0. The zero-order valence-corrected chi connectivity index (χ0v) is 9.35. The van der Waals surface area contributed by atoms with Gasteiger partial charge in [0.1, 0.15) is 0 Å². The van der Waals surface area contributed by atoms with E-state index >= 15 is 0 Å². The Labute approximate surface area is 81.9 Å². The van der Waals surface area contributed by atoms with Gasteiger partial charge in [-0.15, -0.1) is 0 Å². The maximum absolute atomic E-state index is 11.0. The number of Topliss-reactive ketones (excluding diaryl/α,β-unsaturated/α-hetero) is 1. The normalized spacial score (nSPS) is 11.5. The summed E-state index contributed by atoms with van der Waals surface area (Å²) in [6, 6.07) is 0. The number of hydrogen-bond donors (Lipinski definition) is 0. The van der Waals surface area contributed by atoms with Gasteiger partial charge in [0.2, 0.25) is 0 Å². The summed E-state index contributed by atoms with van der Waals surface area (Å²) in [7, 11) is 0. The van der Waals surface area contributed by atoms with Crippen LogP contribution in [0.2, 0.25) is 0 Å². The number of ketones is 1. The number of rotatable bonds is 3. The van der Waals surface area contributed by atoms with Gasteiger partial charge >= 0.3 is 0 Å². The van der Waals surface area contributed by atoms with Crippen LogP contribution in [-0.2, 0) is 4.79 Å². The molecule has 0 aliphatic heterocycles. The van der Waals surface area contributed by atoms with Gasteiger partial charge in [0.15, 0.2) is 5.78 Å². The van der Waals surface area contributed by atoms with Crippen LogP contribution in [0.4, 0.5) is 0 Å². The molecule has 13 heavy (non-hydrogen) atoms. The number of hydrogen-bond acceptors (Lipinski definition) is 1. The molecule has 0 aromatic carbocycles. The summed E-state index contributed by atoms with van der Waals surface area (Å²) >= 11 is 0. The Morgan fingerprint density at radius 1 is 1.23 bits per heavy atom. The SMILES string of the molecule is C=C/C(C)=C(\C=C/C)C(C)=O.CC. The van der Waals surface area contributed by atoms with Gasteiger partial charge in [-0.2, -0.15) is 0 Å². The molecule has 0 atom stereocenters. The number of allylic oxidation sites excluding steroid dienone is 5. The second-order valence-electron chi connectivity index (χ2n) is 2.36. The lowest BCUT2D eigenvalue weighted by Gasteiger charge is -1.98. The van der Waals surface area contributed by atoms with Crippen LogP contribution in [0.5, 0.6) is 0 Å². The third-order valence-electron chi connectivity index (χ3n) is 1.44. The van der Waals surface area contributed by atoms with E-state index in [2.05, 4.69) is 6.58 Å². The Kier molecular flexibility index (Phi) is 9.96. The van der Waals surface area contributed by atoms with Crippen molar-refractivity contribution in [1.82, 2.24) is 0 Å². The van der Waals surface area contributed by atoms with Gasteiger partial charge < -0.3 is 0 Å². The van der Waals surface area contributed by atoms with E-state index in [4.69, 9.17) is 0 Å². The Hall–Kier alpha value is -1.11. The fourth-order valence-corrected chi connectivity index (χ4v) is 0.803. The van der Waals surface area contributed by atoms with Crippen LogP contribution in [0.15, 0.2) is 36.0 Å². The molecule has 0 aliphatic carbocycles. The first-order chi connectivity index (χ1) is 6.13. The van der Waals surface area contributed by atoms with Gasteiger partial charge in [-0.1, -0.05) is 38.7 Å². The molecule has 0 amide bonds. The first-order valence-corrected chi connectivity index (χ1v) is 4.60. The van der Waals surface area contributed by atoms with E-state index in [0.29, 0.717) is 0 Å². The number of carbonyl (C=O) groups is 1. The monoisotopic (exact) mass is 180 g/mol. The molecule has 0 saturated carbocycles. The van der Waals surface area contributed by atoms with Crippen LogP contribution in [0.3, 0.4) is 0 Å². The van der Waals surface area contributed by atoms with Crippen molar-refractivity contribution in [2.75, 3.05) is 0 Å². The lowest BCUT2D eigenvalue weighted by atomic mass is 10.1. The predicted octanol–water partition coefficient (Wildman–Crippen LogP) is 3.68. The third-order valence-corrected chi connectivity index (χ3v) is 1.44. The molecule has 0 saturated heterocycles. The summed E-state index contributed by atoms with van der Waals surface area (Å²) in [6.45, 7) is 12.9. The molecular formula is C12H20O. The van der Waals surface area contributed by atoms with Gasteiger partial charge in [0.05, 0.1) is 0 Å². The first-order valence-electron chi connectivity index (χ1n) is 4.60. The second-order valence-corrected chi connectivity index (χ2v) is 2.36.